The SMILES string of the molecule is [C-]#Cn1c(C)c(C)c(C)c1C.[C-]#Cn1c(C)c(C)c(C)c1C.[Pt].[Pt].[c-]1ccc(Oc2ccccn2)[c-]c1-c1[c-]ccc(Oc2ccccn2)[c-]1. The largest absolute Gasteiger partial charge is 0.669 e. The van der Waals surface area contributed by atoms with Crippen LogP contribution in [0.25, 0.3) is 11.1 Å². The summed E-state index contributed by atoms with van der Waals surface area (Å²) in [6.45, 7) is 16.3. The molecule has 6 rings (SSSR count). The van der Waals surface area contributed by atoms with E-state index in [4.69, 9.17) is 22.3 Å². The maximum absolute atomic E-state index is 7.05. The molecule has 6 aromatic rings. The van der Waals surface area contributed by atoms with Crippen molar-refractivity contribution in [2.45, 2.75) is 55.4 Å². The van der Waals surface area contributed by atoms with Gasteiger partial charge in [-0.15, -0.1) is 0 Å². The molecule has 0 spiro atoms. The fraction of sp³-hybridized carbons (Fsp3) is 0.190. The van der Waals surface area contributed by atoms with Crippen molar-refractivity contribution < 1.29 is 51.6 Å². The first-order valence-corrected chi connectivity index (χ1v) is 15.3. The smallest absolute Gasteiger partial charge is 0.215 e. The van der Waals surface area contributed by atoms with E-state index in [1.54, 1.807) is 57.9 Å². The second kappa shape index (κ2) is 19.6. The zero-order chi connectivity index (χ0) is 34.8. The monoisotopic (exact) mass is 1020 g/mol. The van der Waals surface area contributed by atoms with Crippen LogP contribution in [0.5, 0.6) is 23.3 Å². The number of aromatic nitrogens is 4. The molecule has 0 radical (unpaired) electrons. The average Bonchev–Trinajstić information content (AvgIpc) is 3.42. The molecule has 0 saturated heterocycles. The Morgan fingerprint density at radius 2 is 0.880 bits per heavy atom. The number of rotatable bonds is 5. The second-order valence-corrected chi connectivity index (χ2v) is 11.0. The third-order valence-electron chi connectivity index (χ3n) is 8.24. The number of pyridine rings is 2. The van der Waals surface area contributed by atoms with Crippen molar-refractivity contribution in [3.8, 4) is 46.5 Å². The van der Waals surface area contributed by atoms with Gasteiger partial charge in [0.15, 0.2) is 0 Å². The van der Waals surface area contributed by atoms with Gasteiger partial charge in [-0.05, 0) is 89.8 Å². The van der Waals surface area contributed by atoms with Crippen LogP contribution >= 0.6 is 0 Å². The van der Waals surface area contributed by atoms with E-state index in [0.717, 1.165) is 22.8 Å². The molecule has 0 bridgehead atoms. The number of nitrogens with zero attached hydrogens (tertiary/aromatic N) is 4. The minimum Gasteiger partial charge on any atom is -0.669 e. The molecule has 0 saturated carbocycles. The summed E-state index contributed by atoms with van der Waals surface area (Å²) >= 11 is 0. The Morgan fingerprint density at radius 1 is 0.540 bits per heavy atom. The van der Waals surface area contributed by atoms with Gasteiger partial charge in [0.1, 0.15) is 0 Å². The Balaban J connectivity index is 0.000000301. The van der Waals surface area contributed by atoms with Crippen molar-refractivity contribution >= 4 is 0 Å². The summed E-state index contributed by atoms with van der Waals surface area (Å²) < 4.78 is 15.0. The maximum Gasteiger partial charge on any atom is 0.215 e. The van der Waals surface area contributed by atoms with Crippen LogP contribution in [-0.4, -0.2) is 19.1 Å². The van der Waals surface area contributed by atoms with Crippen LogP contribution in [0.4, 0.5) is 0 Å². The van der Waals surface area contributed by atoms with Gasteiger partial charge in [-0.2, -0.15) is 12.1 Å². The predicted octanol–water partition coefficient (Wildman–Crippen LogP) is 9.16. The first-order valence-electron chi connectivity index (χ1n) is 15.3. The Bertz CT molecular complexity index is 1880. The van der Waals surface area contributed by atoms with Crippen LogP contribution in [0, 0.1) is 105 Å². The molecule has 0 fully saturated rings. The number of benzene rings is 2. The molecule has 8 heteroatoms. The summed E-state index contributed by atoms with van der Waals surface area (Å²) in [7, 11) is 0. The Morgan fingerprint density at radius 3 is 1.14 bits per heavy atom. The predicted molar refractivity (Wildman–Crippen MR) is 188 cm³/mol. The van der Waals surface area contributed by atoms with Gasteiger partial charge in [0.05, 0.1) is 0 Å². The maximum atomic E-state index is 7.05. The van der Waals surface area contributed by atoms with Gasteiger partial charge in [-0.3, -0.25) is 12.1 Å². The van der Waals surface area contributed by atoms with Gasteiger partial charge < -0.3 is 66.8 Å². The molecule has 0 aliphatic carbocycles. The van der Waals surface area contributed by atoms with E-state index in [-0.39, 0.29) is 42.1 Å². The van der Waals surface area contributed by atoms with Crippen LogP contribution < -0.4 is 9.47 Å². The molecule has 0 N–H and O–H groups in total. The molecule has 4 aromatic heterocycles. The molecule has 0 aliphatic heterocycles. The molecular formula is C42H36N4O2Pt2-6. The van der Waals surface area contributed by atoms with Crippen LogP contribution in [0.1, 0.15) is 45.0 Å². The van der Waals surface area contributed by atoms with E-state index in [0.29, 0.717) is 34.4 Å². The normalized spacial score (nSPS) is 9.64. The summed E-state index contributed by atoms with van der Waals surface area (Å²) in [5.41, 5.74) is 10.9. The molecule has 6 nitrogen and oxygen atoms in total. The number of hydrogen-bond donors (Lipinski definition) is 0. The summed E-state index contributed by atoms with van der Waals surface area (Å²) in [6, 6.07) is 35.3. The van der Waals surface area contributed by atoms with Gasteiger partial charge in [0, 0.05) is 89.4 Å². The first kappa shape index (κ1) is 41.6. The number of hydrogen-bond acceptors (Lipinski definition) is 4. The van der Waals surface area contributed by atoms with Gasteiger partial charge in [-0.25, -0.2) is 22.1 Å². The van der Waals surface area contributed by atoms with Crippen LogP contribution in [0.15, 0.2) is 73.1 Å². The summed E-state index contributed by atoms with van der Waals surface area (Å²) in [4.78, 5) is 8.28. The Hall–Kier alpha value is -4.60. The van der Waals surface area contributed by atoms with E-state index in [2.05, 4.69) is 74.0 Å². The quantitative estimate of drug-likeness (QED) is 0.128. The topological polar surface area (TPSA) is 54.1 Å². The summed E-state index contributed by atoms with van der Waals surface area (Å²) in [5, 5.41) is 0. The van der Waals surface area contributed by atoms with Gasteiger partial charge in [-0.1, -0.05) is 23.6 Å². The average molecular weight is 1020 g/mol. The van der Waals surface area contributed by atoms with Crippen molar-refractivity contribution in [2.24, 2.45) is 0 Å². The first-order chi connectivity index (χ1) is 23.0. The zero-order valence-electron chi connectivity index (χ0n) is 29.2. The van der Waals surface area contributed by atoms with Gasteiger partial charge in [0.25, 0.3) is 0 Å². The minimum absolute atomic E-state index is 0. The molecule has 4 heterocycles. The third kappa shape index (κ3) is 10.2. The van der Waals surface area contributed by atoms with Crippen molar-refractivity contribution in [3.63, 3.8) is 0 Å². The van der Waals surface area contributed by atoms with E-state index >= 15 is 0 Å². The third-order valence-corrected chi connectivity index (χ3v) is 8.24. The fourth-order valence-electron chi connectivity index (χ4n) is 4.83. The van der Waals surface area contributed by atoms with Gasteiger partial charge in [0.2, 0.25) is 11.8 Å². The molecule has 50 heavy (non-hydrogen) atoms. The molecule has 2 aromatic carbocycles. The van der Waals surface area contributed by atoms with Crippen molar-refractivity contribution in [1.29, 1.82) is 0 Å². The van der Waals surface area contributed by atoms with Crippen LogP contribution in [0.2, 0.25) is 0 Å². The molecule has 0 unspecified atom stereocenters. The van der Waals surface area contributed by atoms with Crippen molar-refractivity contribution in [1.82, 2.24) is 19.1 Å². The molecule has 0 amide bonds. The Labute approximate surface area is 325 Å². The molecular weight excluding hydrogens is 983 g/mol. The summed E-state index contributed by atoms with van der Waals surface area (Å²) in [5.74, 6) is 2.08. The fourth-order valence-corrected chi connectivity index (χ4v) is 4.83. The standard InChI is InChI=1S/C22H12N2O2.2C10H12N.2Pt/c1-3-13-23-21(11-1)25-19-9-5-7-17(15-19)18-8-6-10-20(16-18)26-22-12-2-4-14-24-22;2*1-6-11-9(4)7(2)8(3)10(11)5;;/h1-6,9-14H;2*2-5H3;;/q-4;2*-1;;. The van der Waals surface area contributed by atoms with Crippen LogP contribution in [0.3, 0.4) is 0 Å². The van der Waals surface area contributed by atoms with E-state index < -0.39 is 0 Å². The molecule has 0 aliphatic rings. The second-order valence-electron chi connectivity index (χ2n) is 11.0. The van der Waals surface area contributed by atoms with E-state index in [9.17, 15) is 0 Å². The molecule has 0 atom stereocenters. The van der Waals surface area contributed by atoms with Gasteiger partial charge >= 0.3 is 0 Å². The van der Waals surface area contributed by atoms with E-state index in [1.165, 1.54) is 22.3 Å². The summed E-state index contributed by atoms with van der Waals surface area (Å²) in [6.07, 6.45) is 17.4. The molecule has 262 valence electrons. The Kier molecular flexibility index (Phi) is 16.3. The van der Waals surface area contributed by atoms with E-state index in [1.807, 2.05) is 52.0 Å². The van der Waals surface area contributed by atoms with Crippen LogP contribution in [-0.2, 0) is 42.1 Å². The zero-order valence-corrected chi connectivity index (χ0v) is 33.7. The van der Waals surface area contributed by atoms with Crippen molar-refractivity contribution in [3.05, 3.63) is 155 Å². The minimum atomic E-state index is 0. The number of ether oxygens (including phenoxy) is 2. The van der Waals surface area contributed by atoms with Crippen molar-refractivity contribution in [2.75, 3.05) is 0 Å².